The highest BCUT2D eigenvalue weighted by molar-refractivity contribution is 6.02. The van der Waals surface area contributed by atoms with E-state index in [1.165, 1.54) is 0 Å². The third-order valence-electron chi connectivity index (χ3n) is 5.91. The van der Waals surface area contributed by atoms with Crippen LogP contribution in [0, 0.1) is 0 Å². The molecule has 156 valence electrons. The van der Waals surface area contributed by atoms with E-state index in [1.807, 2.05) is 53.2 Å². The van der Waals surface area contributed by atoms with Crippen LogP contribution in [0.2, 0.25) is 0 Å². The number of nitrogens with zero attached hydrogens (tertiary/aromatic N) is 1. The number of rotatable bonds is 7. The van der Waals surface area contributed by atoms with Crippen molar-refractivity contribution in [1.82, 2.24) is 4.57 Å². The first kappa shape index (κ1) is 19.0. The number of methoxy groups -OCH3 is 1. The normalized spacial score (nSPS) is 17.1. The lowest BCUT2D eigenvalue weighted by molar-refractivity contribution is -0.118. The van der Waals surface area contributed by atoms with E-state index in [0.29, 0.717) is 12.3 Å². The number of ether oxygens (including phenoxy) is 3. The van der Waals surface area contributed by atoms with Gasteiger partial charge in [-0.15, -0.1) is 0 Å². The van der Waals surface area contributed by atoms with Gasteiger partial charge >= 0.3 is 0 Å². The standard InChI is InChI=1S/C23H24N2O5/c1-28-13-18(26)12-25-9-6-15-10-17(3-4-19(15)25)24-22(27)23(7-8-23)16-2-5-20-21(11-16)30-14-29-20/h2-6,9-11,18,26H,7-8,12-14H2,1H3,(H,24,27)/t18-/m1/s1. The van der Waals surface area contributed by atoms with E-state index in [-0.39, 0.29) is 19.3 Å². The van der Waals surface area contributed by atoms with Crippen molar-refractivity contribution >= 4 is 22.5 Å². The topological polar surface area (TPSA) is 82.0 Å². The van der Waals surface area contributed by atoms with Gasteiger partial charge < -0.3 is 29.2 Å². The molecule has 5 rings (SSSR count). The molecule has 7 heteroatoms. The second-order valence-corrected chi connectivity index (χ2v) is 7.96. The largest absolute Gasteiger partial charge is 0.454 e. The van der Waals surface area contributed by atoms with E-state index in [1.54, 1.807) is 7.11 Å². The van der Waals surface area contributed by atoms with Crippen molar-refractivity contribution in [3.63, 3.8) is 0 Å². The van der Waals surface area contributed by atoms with Gasteiger partial charge in [-0.25, -0.2) is 0 Å². The Morgan fingerprint density at radius 2 is 2.03 bits per heavy atom. The fourth-order valence-corrected chi connectivity index (χ4v) is 4.13. The summed E-state index contributed by atoms with van der Waals surface area (Å²) in [6.45, 7) is 0.964. The lowest BCUT2D eigenvalue weighted by Gasteiger charge is -2.17. The number of fused-ring (bicyclic) bond motifs is 2. The van der Waals surface area contributed by atoms with E-state index in [9.17, 15) is 9.90 Å². The molecule has 2 aromatic carbocycles. The first-order chi connectivity index (χ1) is 14.6. The summed E-state index contributed by atoms with van der Waals surface area (Å²) >= 11 is 0. The van der Waals surface area contributed by atoms with Crippen molar-refractivity contribution in [1.29, 1.82) is 0 Å². The zero-order valence-electron chi connectivity index (χ0n) is 16.8. The zero-order chi connectivity index (χ0) is 20.7. The summed E-state index contributed by atoms with van der Waals surface area (Å²) in [5, 5.41) is 14.1. The highest BCUT2D eigenvalue weighted by Gasteiger charge is 2.51. The molecule has 1 aromatic heterocycles. The van der Waals surface area contributed by atoms with Crippen LogP contribution in [0.1, 0.15) is 18.4 Å². The first-order valence-corrected chi connectivity index (χ1v) is 10.1. The summed E-state index contributed by atoms with van der Waals surface area (Å²) < 4.78 is 17.8. The van der Waals surface area contributed by atoms with Gasteiger partial charge in [-0.2, -0.15) is 0 Å². The summed E-state index contributed by atoms with van der Waals surface area (Å²) in [6, 6.07) is 13.5. The van der Waals surface area contributed by atoms with Crippen LogP contribution in [-0.2, 0) is 21.5 Å². The van der Waals surface area contributed by atoms with E-state index < -0.39 is 11.5 Å². The van der Waals surface area contributed by atoms with Crippen LogP contribution in [0.3, 0.4) is 0 Å². The number of hydrogen-bond donors (Lipinski definition) is 2. The Hall–Kier alpha value is -3.03. The molecule has 0 bridgehead atoms. The Morgan fingerprint density at radius 1 is 1.20 bits per heavy atom. The minimum absolute atomic E-state index is 0.00401. The molecule has 1 aliphatic carbocycles. The number of carbonyl (C=O) groups is 1. The average molecular weight is 408 g/mol. The Balaban J connectivity index is 1.33. The molecular weight excluding hydrogens is 384 g/mol. The van der Waals surface area contributed by atoms with Gasteiger partial charge in [0.05, 0.1) is 24.7 Å². The summed E-state index contributed by atoms with van der Waals surface area (Å²) in [6.07, 6.45) is 2.99. The van der Waals surface area contributed by atoms with Gasteiger partial charge in [0.1, 0.15) is 0 Å². The van der Waals surface area contributed by atoms with Gasteiger partial charge in [-0.3, -0.25) is 4.79 Å². The van der Waals surface area contributed by atoms with Gasteiger partial charge in [-0.05, 0) is 54.8 Å². The maximum absolute atomic E-state index is 13.1. The predicted octanol–water partition coefficient (Wildman–Crippen LogP) is 3.05. The molecule has 0 spiro atoms. The van der Waals surface area contributed by atoms with Crippen LogP contribution in [0.4, 0.5) is 5.69 Å². The number of hydrogen-bond acceptors (Lipinski definition) is 5. The van der Waals surface area contributed by atoms with Crippen molar-refractivity contribution in [3.05, 3.63) is 54.2 Å². The number of benzene rings is 2. The minimum atomic E-state index is -0.568. The van der Waals surface area contributed by atoms with Crippen molar-refractivity contribution in [2.75, 3.05) is 25.8 Å². The van der Waals surface area contributed by atoms with Crippen LogP contribution < -0.4 is 14.8 Å². The fourth-order valence-electron chi connectivity index (χ4n) is 4.13. The second-order valence-electron chi connectivity index (χ2n) is 7.96. The first-order valence-electron chi connectivity index (χ1n) is 10.1. The smallest absolute Gasteiger partial charge is 0.235 e. The highest BCUT2D eigenvalue weighted by atomic mass is 16.7. The predicted molar refractivity (Wildman–Crippen MR) is 112 cm³/mol. The van der Waals surface area contributed by atoms with Crippen molar-refractivity contribution < 1.29 is 24.1 Å². The fraction of sp³-hybridized carbons (Fsp3) is 0.348. The SMILES string of the molecule is COC[C@H](O)Cn1ccc2cc(NC(=O)C3(c4ccc5c(c4)OCO5)CC3)ccc21. The average Bonchev–Trinajstić information content (AvgIpc) is 3.26. The molecule has 1 aliphatic heterocycles. The summed E-state index contributed by atoms with van der Waals surface area (Å²) in [5.41, 5.74) is 2.21. The zero-order valence-corrected chi connectivity index (χ0v) is 16.8. The molecule has 1 fully saturated rings. The highest BCUT2D eigenvalue weighted by Crippen LogP contribution is 2.51. The third kappa shape index (κ3) is 3.30. The number of anilines is 1. The molecule has 1 amide bonds. The van der Waals surface area contributed by atoms with Crippen LogP contribution in [-0.4, -0.2) is 42.2 Å². The van der Waals surface area contributed by atoms with Crippen molar-refractivity contribution in [2.24, 2.45) is 0 Å². The molecule has 7 nitrogen and oxygen atoms in total. The number of carbonyl (C=O) groups excluding carboxylic acids is 1. The van der Waals surface area contributed by atoms with Gasteiger partial charge in [0.2, 0.25) is 12.7 Å². The van der Waals surface area contributed by atoms with Crippen LogP contribution in [0.25, 0.3) is 10.9 Å². The van der Waals surface area contributed by atoms with Crippen molar-refractivity contribution in [2.45, 2.75) is 30.9 Å². The molecule has 3 aromatic rings. The monoisotopic (exact) mass is 408 g/mol. The van der Waals surface area contributed by atoms with Gasteiger partial charge in [0, 0.05) is 29.9 Å². The molecule has 1 atom stereocenters. The number of amides is 1. The Labute approximate surface area is 174 Å². The molecule has 0 radical (unpaired) electrons. The molecule has 0 saturated heterocycles. The lowest BCUT2D eigenvalue weighted by Crippen LogP contribution is -2.27. The van der Waals surface area contributed by atoms with E-state index in [2.05, 4.69) is 5.32 Å². The maximum atomic E-state index is 13.1. The third-order valence-corrected chi connectivity index (χ3v) is 5.91. The number of aromatic nitrogens is 1. The Morgan fingerprint density at radius 3 is 2.83 bits per heavy atom. The molecule has 2 aliphatic rings. The van der Waals surface area contributed by atoms with Gasteiger partial charge in [-0.1, -0.05) is 6.07 Å². The van der Waals surface area contributed by atoms with E-state index in [0.717, 1.165) is 40.7 Å². The number of nitrogens with one attached hydrogen (secondary N) is 1. The number of aliphatic hydroxyl groups excluding tert-OH is 1. The van der Waals surface area contributed by atoms with Gasteiger partial charge in [0.25, 0.3) is 0 Å². The summed E-state index contributed by atoms with van der Waals surface area (Å²) in [5.74, 6) is 1.42. The lowest BCUT2D eigenvalue weighted by atomic mass is 9.94. The molecule has 0 unspecified atom stereocenters. The van der Waals surface area contributed by atoms with E-state index in [4.69, 9.17) is 14.2 Å². The quantitative estimate of drug-likeness (QED) is 0.628. The molecular formula is C23H24N2O5. The van der Waals surface area contributed by atoms with E-state index >= 15 is 0 Å². The second kappa shape index (κ2) is 7.34. The molecule has 1 saturated carbocycles. The van der Waals surface area contributed by atoms with Crippen molar-refractivity contribution in [3.8, 4) is 11.5 Å². The molecule has 2 heterocycles. The van der Waals surface area contributed by atoms with Crippen LogP contribution in [0.5, 0.6) is 11.5 Å². The molecule has 30 heavy (non-hydrogen) atoms. The van der Waals surface area contributed by atoms with Crippen LogP contribution in [0.15, 0.2) is 48.7 Å². The maximum Gasteiger partial charge on any atom is 0.235 e. The minimum Gasteiger partial charge on any atom is -0.454 e. The Kier molecular flexibility index (Phi) is 4.64. The molecule has 2 N–H and O–H groups in total. The number of aliphatic hydroxyl groups is 1. The summed E-state index contributed by atoms with van der Waals surface area (Å²) in [7, 11) is 1.57. The van der Waals surface area contributed by atoms with Gasteiger partial charge in [0.15, 0.2) is 11.5 Å². The summed E-state index contributed by atoms with van der Waals surface area (Å²) in [4.78, 5) is 13.1. The van der Waals surface area contributed by atoms with Crippen LogP contribution >= 0.6 is 0 Å². The Bertz CT molecular complexity index is 1100.